The third-order valence-electron chi connectivity index (χ3n) is 2.27. The Labute approximate surface area is 117 Å². The predicted molar refractivity (Wildman–Crippen MR) is 67.5 cm³/mol. The van der Waals surface area contributed by atoms with Crippen molar-refractivity contribution in [2.45, 2.75) is 26.1 Å². The molecule has 7 heteroatoms. The monoisotopic (exact) mass is 342 g/mol. The van der Waals surface area contributed by atoms with E-state index in [-0.39, 0.29) is 22.4 Å². The van der Waals surface area contributed by atoms with Gasteiger partial charge in [-0.2, -0.15) is 13.2 Å². The van der Waals surface area contributed by atoms with E-state index in [4.69, 9.17) is 9.47 Å². The third-order valence-corrected chi connectivity index (χ3v) is 2.95. The van der Waals surface area contributed by atoms with E-state index in [0.29, 0.717) is 12.4 Å². The number of hydrogen-bond acceptors (Lipinski definition) is 3. The Morgan fingerprint density at radius 1 is 1.16 bits per heavy atom. The SMILES string of the molecule is CCOc1cc(Br)c(C(O)C(F)(F)F)cc1OCC. The summed E-state index contributed by atoms with van der Waals surface area (Å²) in [5, 5.41) is 9.30. The molecule has 1 rings (SSSR count). The minimum Gasteiger partial charge on any atom is -0.490 e. The van der Waals surface area contributed by atoms with Crippen molar-refractivity contribution in [3.63, 3.8) is 0 Å². The Balaban J connectivity index is 3.23. The number of aliphatic hydroxyl groups is 1. The average molecular weight is 343 g/mol. The van der Waals surface area contributed by atoms with Crippen LogP contribution in [0.25, 0.3) is 0 Å². The average Bonchev–Trinajstić information content (AvgIpc) is 2.31. The molecular formula is C12H14BrF3O3. The van der Waals surface area contributed by atoms with Gasteiger partial charge < -0.3 is 14.6 Å². The number of ether oxygens (including phenoxy) is 2. The number of rotatable bonds is 5. The first-order valence-electron chi connectivity index (χ1n) is 5.65. The Bertz CT molecular complexity index is 435. The second-order valence-electron chi connectivity index (χ2n) is 3.63. The van der Waals surface area contributed by atoms with E-state index in [0.717, 1.165) is 6.07 Å². The lowest BCUT2D eigenvalue weighted by molar-refractivity contribution is -0.207. The standard InChI is InChI=1S/C12H14BrF3O3/c1-3-18-9-5-7(11(17)12(14,15)16)8(13)6-10(9)19-4-2/h5-6,11,17H,3-4H2,1-2H3. The van der Waals surface area contributed by atoms with Gasteiger partial charge in [-0.15, -0.1) is 0 Å². The lowest BCUT2D eigenvalue weighted by Gasteiger charge is -2.19. The molecule has 0 spiro atoms. The van der Waals surface area contributed by atoms with Crippen molar-refractivity contribution in [2.24, 2.45) is 0 Å². The van der Waals surface area contributed by atoms with Gasteiger partial charge in [0.2, 0.25) is 0 Å². The first kappa shape index (κ1) is 16.1. The Morgan fingerprint density at radius 3 is 2.05 bits per heavy atom. The number of aliphatic hydroxyl groups excluding tert-OH is 1. The summed E-state index contributed by atoms with van der Waals surface area (Å²) in [5.41, 5.74) is -0.306. The molecule has 0 saturated carbocycles. The molecular weight excluding hydrogens is 329 g/mol. The quantitative estimate of drug-likeness (QED) is 0.883. The van der Waals surface area contributed by atoms with E-state index in [1.165, 1.54) is 6.07 Å². The van der Waals surface area contributed by atoms with Gasteiger partial charge in [-0.3, -0.25) is 0 Å². The van der Waals surface area contributed by atoms with Crippen LogP contribution in [0, 0.1) is 0 Å². The smallest absolute Gasteiger partial charge is 0.418 e. The molecule has 0 bridgehead atoms. The fraction of sp³-hybridized carbons (Fsp3) is 0.500. The summed E-state index contributed by atoms with van der Waals surface area (Å²) in [5.74, 6) is 0.500. The summed E-state index contributed by atoms with van der Waals surface area (Å²) in [7, 11) is 0. The summed E-state index contributed by atoms with van der Waals surface area (Å²) >= 11 is 3.00. The lowest BCUT2D eigenvalue weighted by atomic mass is 10.1. The Hall–Kier alpha value is -0.950. The van der Waals surface area contributed by atoms with Crippen molar-refractivity contribution in [1.29, 1.82) is 0 Å². The maximum atomic E-state index is 12.5. The van der Waals surface area contributed by atoms with Gasteiger partial charge in [0.05, 0.1) is 13.2 Å². The molecule has 1 N–H and O–H groups in total. The fourth-order valence-electron chi connectivity index (χ4n) is 1.47. The molecule has 0 aliphatic heterocycles. The minimum atomic E-state index is -4.74. The molecule has 0 saturated heterocycles. The Kier molecular flexibility index (Phi) is 5.49. The van der Waals surface area contributed by atoms with Gasteiger partial charge in [0.15, 0.2) is 17.6 Å². The highest BCUT2D eigenvalue weighted by Crippen LogP contribution is 2.41. The molecule has 1 aromatic carbocycles. The van der Waals surface area contributed by atoms with Crippen LogP contribution < -0.4 is 9.47 Å². The van der Waals surface area contributed by atoms with Crippen LogP contribution in [0.1, 0.15) is 25.5 Å². The summed E-state index contributed by atoms with van der Waals surface area (Å²) in [6.07, 6.45) is -7.31. The van der Waals surface area contributed by atoms with Crippen LogP contribution in [-0.2, 0) is 0 Å². The Morgan fingerprint density at radius 2 is 1.63 bits per heavy atom. The van der Waals surface area contributed by atoms with Gasteiger partial charge in [-0.05, 0) is 26.0 Å². The molecule has 1 atom stereocenters. The number of halogens is 4. The largest absolute Gasteiger partial charge is 0.490 e. The summed E-state index contributed by atoms with van der Waals surface area (Å²) in [6.45, 7) is 4.09. The third kappa shape index (κ3) is 4.01. The number of hydrogen-bond donors (Lipinski definition) is 1. The van der Waals surface area contributed by atoms with Crippen molar-refractivity contribution in [2.75, 3.05) is 13.2 Å². The van der Waals surface area contributed by atoms with Gasteiger partial charge >= 0.3 is 6.18 Å². The highest BCUT2D eigenvalue weighted by Gasteiger charge is 2.40. The molecule has 1 aromatic rings. The lowest BCUT2D eigenvalue weighted by Crippen LogP contribution is -2.20. The van der Waals surface area contributed by atoms with Crippen molar-refractivity contribution in [3.8, 4) is 11.5 Å². The highest BCUT2D eigenvalue weighted by atomic mass is 79.9. The van der Waals surface area contributed by atoms with Gasteiger partial charge in [-0.25, -0.2) is 0 Å². The molecule has 108 valence electrons. The number of benzene rings is 1. The molecule has 0 heterocycles. The first-order chi connectivity index (χ1) is 8.81. The van der Waals surface area contributed by atoms with Gasteiger partial charge in [0, 0.05) is 10.0 Å². The van der Waals surface area contributed by atoms with Crippen LogP contribution >= 0.6 is 15.9 Å². The zero-order chi connectivity index (χ0) is 14.6. The summed E-state index contributed by atoms with van der Waals surface area (Å²) < 4.78 is 48.2. The van der Waals surface area contributed by atoms with Crippen molar-refractivity contribution in [3.05, 3.63) is 22.2 Å². The zero-order valence-electron chi connectivity index (χ0n) is 10.4. The van der Waals surface area contributed by atoms with E-state index in [2.05, 4.69) is 15.9 Å². The summed E-state index contributed by atoms with van der Waals surface area (Å²) in [6, 6.07) is 2.50. The highest BCUT2D eigenvalue weighted by molar-refractivity contribution is 9.10. The van der Waals surface area contributed by atoms with E-state index in [1.807, 2.05) is 0 Å². The van der Waals surface area contributed by atoms with Crippen LogP contribution in [0.3, 0.4) is 0 Å². The van der Waals surface area contributed by atoms with Gasteiger partial charge in [-0.1, -0.05) is 15.9 Å². The second kappa shape index (κ2) is 6.47. The van der Waals surface area contributed by atoms with Crippen LogP contribution in [0.2, 0.25) is 0 Å². The van der Waals surface area contributed by atoms with Crippen LogP contribution in [-0.4, -0.2) is 24.5 Å². The fourth-order valence-corrected chi connectivity index (χ4v) is 2.01. The molecule has 0 aromatic heterocycles. The van der Waals surface area contributed by atoms with Crippen LogP contribution in [0.5, 0.6) is 11.5 Å². The minimum absolute atomic E-state index is 0.115. The predicted octanol–water partition coefficient (Wildman–Crippen LogP) is 3.84. The summed E-state index contributed by atoms with van der Waals surface area (Å²) in [4.78, 5) is 0. The number of alkyl halides is 3. The van der Waals surface area contributed by atoms with Gasteiger partial charge in [0.1, 0.15) is 0 Å². The maximum absolute atomic E-state index is 12.5. The molecule has 19 heavy (non-hydrogen) atoms. The topological polar surface area (TPSA) is 38.7 Å². The van der Waals surface area contributed by atoms with E-state index in [9.17, 15) is 18.3 Å². The maximum Gasteiger partial charge on any atom is 0.418 e. The molecule has 3 nitrogen and oxygen atoms in total. The van der Waals surface area contributed by atoms with Gasteiger partial charge in [0.25, 0.3) is 0 Å². The zero-order valence-corrected chi connectivity index (χ0v) is 12.0. The van der Waals surface area contributed by atoms with Crippen molar-refractivity contribution < 1.29 is 27.8 Å². The molecule has 0 aliphatic carbocycles. The molecule has 0 radical (unpaired) electrons. The second-order valence-corrected chi connectivity index (χ2v) is 4.48. The van der Waals surface area contributed by atoms with Crippen molar-refractivity contribution in [1.82, 2.24) is 0 Å². The van der Waals surface area contributed by atoms with E-state index >= 15 is 0 Å². The molecule has 0 amide bonds. The first-order valence-corrected chi connectivity index (χ1v) is 6.44. The van der Waals surface area contributed by atoms with Crippen LogP contribution in [0.15, 0.2) is 16.6 Å². The van der Waals surface area contributed by atoms with Crippen molar-refractivity contribution >= 4 is 15.9 Å². The van der Waals surface area contributed by atoms with Crippen LogP contribution in [0.4, 0.5) is 13.2 Å². The molecule has 0 fully saturated rings. The van der Waals surface area contributed by atoms with E-state index < -0.39 is 12.3 Å². The molecule has 0 aliphatic rings. The van der Waals surface area contributed by atoms with E-state index in [1.54, 1.807) is 13.8 Å². The normalized spacial score (nSPS) is 13.2. The molecule has 1 unspecified atom stereocenters.